The summed E-state index contributed by atoms with van der Waals surface area (Å²) >= 11 is 0. The maximum absolute atomic E-state index is 12.3. The van der Waals surface area contributed by atoms with Crippen molar-refractivity contribution in [1.82, 2.24) is 10.2 Å². The van der Waals surface area contributed by atoms with Crippen LogP contribution in [0.4, 0.5) is 16.2 Å². The van der Waals surface area contributed by atoms with Gasteiger partial charge in [-0.1, -0.05) is 13.8 Å². The molecule has 3 amide bonds. The van der Waals surface area contributed by atoms with E-state index in [0.29, 0.717) is 26.1 Å². The van der Waals surface area contributed by atoms with E-state index >= 15 is 0 Å². The van der Waals surface area contributed by atoms with Crippen LogP contribution in [-0.4, -0.2) is 44.0 Å². The molecule has 0 bridgehead atoms. The number of carbonyl (C=O) groups excluding carboxylic acids is 2. The molecular weight excluding hydrogens is 304 g/mol. The molecule has 0 saturated heterocycles. The Morgan fingerprint density at radius 1 is 1.12 bits per heavy atom. The molecule has 2 N–H and O–H groups in total. The summed E-state index contributed by atoms with van der Waals surface area (Å²) < 4.78 is 0. The number of nitrogens with one attached hydrogen (secondary N) is 2. The fraction of sp³-hybridized carbons (Fsp3) is 0.556. The number of anilines is 2. The predicted octanol–water partition coefficient (Wildman–Crippen LogP) is 3.04. The summed E-state index contributed by atoms with van der Waals surface area (Å²) in [4.78, 5) is 27.7. The van der Waals surface area contributed by atoms with Crippen LogP contribution in [0.25, 0.3) is 0 Å². The third-order valence-electron chi connectivity index (χ3n) is 3.64. The first-order chi connectivity index (χ1) is 11.4. The molecule has 6 nitrogen and oxygen atoms in total. The van der Waals surface area contributed by atoms with Crippen LogP contribution in [-0.2, 0) is 11.3 Å². The quantitative estimate of drug-likeness (QED) is 0.768. The minimum absolute atomic E-state index is 0.0207. The summed E-state index contributed by atoms with van der Waals surface area (Å²) in [5.74, 6) is -0.0207. The van der Waals surface area contributed by atoms with Crippen LogP contribution in [0.5, 0.6) is 0 Å². The van der Waals surface area contributed by atoms with Crippen molar-refractivity contribution in [2.24, 2.45) is 0 Å². The molecule has 0 spiro atoms. The zero-order chi connectivity index (χ0) is 18.1. The van der Waals surface area contributed by atoms with E-state index < -0.39 is 0 Å². The van der Waals surface area contributed by atoms with Gasteiger partial charge in [0.15, 0.2) is 0 Å². The Morgan fingerprint density at radius 3 is 2.38 bits per heavy atom. The van der Waals surface area contributed by atoms with Gasteiger partial charge >= 0.3 is 6.03 Å². The molecule has 134 valence electrons. The van der Waals surface area contributed by atoms with E-state index in [4.69, 9.17) is 0 Å². The zero-order valence-corrected chi connectivity index (χ0v) is 15.5. The van der Waals surface area contributed by atoms with Crippen molar-refractivity contribution in [1.29, 1.82) is 0 Å². The van der Waals surface area contributed by atoms with E-state index in [1.165, 1.54) is 0 Å². The van der Waals surface area contributed by atoms with Crippen LogP contribution in [0.1, 0.15) is 39.2 Å². The van der Waals surface area contributed by atoms with Crippen LogP contribution in [0.15, 0.2) is 18.2 Å². The second-order valence-corrected chi connectivity index (χ2v) is 5.90. The number of amides is 3. The van der Waals surface area contributed by atoms with Crippen LogP contribution in [0.3, 0.4) is 0 Å². The van der Waals surface area contributed by atoms with Crippen LogP contribution < -0.4 is 15.5 Å². The molecule has 0 fully saturated rings. The van der Waals surface area contributed by atoms with Gasteiger partial charge in [-0.05, 0) is 37.1 Å². The van der Waals surface area contributed by atoms with Gasteiger partial charge in [0.2, 0.25) is 5.91 Å². The first kappa shape index (κ1) is 19.8. The molecule has 1 rings (SSSR count). The second kappa shape index (κ2) is 9.80. The molecule has 0 saturated carbocycles. The molecule has 0 atom stereocenters. The standard InChI is InChI=1S/C18H30N4O2/c1-6-11-22(18(24)19-8-3)13-14-12-15(20-17(23)7-2)9-10-16(14)21(4)5/h9-10,12H,6-8,11,13H2,1-5H3,(H,19,24)(H,20,23). The third-order valence-corrected chi connectivity index (χ3v) is 3.64. The molecule has 0 aliphatic carbocycles. The monoisotopic (exact) mass is 334 g/mol. The lowest BCUT2D eigenvalue weighted by Crippen LogP contribution is -2.40. The Morgan fingerprint density at radius 2 is 1.83 bits per heavy atom. The topological polar surface area (TPSA) is 64.7 Å². The summed E-state index contributed by atoms with van der Waals surface area (Å²) in [7, 11) is 3.94. The van der Waals surface area contributed by atoms with E-state index in [-0.39, 0.29) is 11.9 Å². The molecule has 0 radical (unpaired) electrons. The average Bonchev–Trinajstić information content (AvgIpc) is 2.54. The molecule has 0 aliphatic rings. The van der Waals surface area contributed by atoms with Gasteiger partial charge in [-0.2, -0.15) is 0 Å². The van der Waals surface area contributed by atoms with E-state index in [1.807, 2.05) is 51.0 Å². The first-order valence-electron chi connectivity index (χ1n) is 8.55. The van der Waals surface area contributed by atoms with Crippen LogP contribution >= 0.6 is 0 Å². The van der Waals surface area contributed by atoms with E-state index in [9.17, 15) is 9.59 Å². The Kier molecular flexibility index (Phi) is 8.09. The largest absolute Gasteiger partial charge is 0.377 e. The summed E-state index contributed by atoms with van der Waals surface area (Å²) in [6.45, 7) is 7.58. The molecular formula is C18H30N4O2. The highest BCUT2D eigenvalue weighted by atomic mass is 16.2. The summed E-state index contributed by atoms with van der Waals surface area (Å²) in [6, 6.07) is 5.75. The van der Waals surface area contributed by atoms with Crippen LogP contribution in [0, 0.1) is 0 Å². The van der Waals surface area contributed by atoms with Gasteiger partial charge < -0.3 is 20.4 Å². The van der Waals surface area contributed by atoms with Gasteiger partial charge in [0.05, 0.1) is 0 Å². The number of carbonyl (C=O) groups is 2. The van der Waals surface area contributed by atoms with Gasteiger partial charge in [-0.3, -0.25) is 4.79 Å². The number of benzene rings is 1. The molecule has 1 aromatic rings. The molecule has 0 aliphatic heterocycles. The maximum Gasteiger partial charge on any atom is 0.317 e. The minimum Gasteiger partial charge on any atom is -0.377 e. The molecule has 0 aromatic heterocycles. The lowest BCUT2D eigenvalue weighted by molar-refractivity contribution is -0.115. The fourth-order valence-electron chi connectivity index (χ4n) is 2.47. The summed E-state index contributed by atoms with van der Waals surface area (Å²) in [6.07, 6.45) is 1.33. The number of nitrogens with zero attached hydrogens (tertiary/aromatic N) is 2. The van der Waals surface area contributed by atoms with Gasteiger partial charge in [-0.25, -0.2) is 4.79 Å². The molecule has 0 heterocycles. The first-order valence-corrected chi connectivity index (χ1v) is 8.55. The van der Waals surface area contributed by atoms with Crippen molar-refractivity contribution in [3.05, 3.63) is 23.8 Å². The Bertz CT molecular complexity index is 558. The lowest BCUT2D eigenvalue weighted by Gasteiger charge is -2.26. The SMILES string of the molecule is CCCN(Cc1cc(NC(=O)CC)ccc1N(C)C)C(=O)NCC. The normalized spacial score (nSPS) is 10.2. The maximum atomic E-state index is 12.3. The molecule has 6 heteroatoms. The average molecular weight is 334 g/mol. The highest BCUT2D eigenvalue weighted by Crippen LogP contribution is 2.24. The third kappa shape index (κ3) is 5.76. The van der Waals surface area contributed by atoms with Gasteiger partial charge in [0.1, 0.15) is 0 Å². The number of hydrogen-bond donors (Lipinski definition) is 2. The van der Waals surface area contributed by atoms with Gasteiger partial charge in [0.25, 0.3) is 0 Å². The number of urea groups is 1. The molecule has 1 aromatic carbocycles. The smallest absolute Gasteiger partial charge is 0.317 e. The molecule has 0 unspecified atom stereocenters. The predicted molar refractivity (Wildman–Crippen MR) is 99.5 cm³/mol. The van der Waals surface area contributed by atoms with Crippen LogP contribution in [0.2, 0.25) is 0 Å². The fourth-order valence-corrected chi connectivity index (χ4v) is 2.47. The van der Waals surface area contributed by atoms with Crippen molar-refractivity contribution in [2.75, 3.05) is 37.4 Å². The van der Waals surface area contributed by atoms with E-state index in [1.54, 1.807) is 4.90 Å². The number of rotatable bonds is 8. The highest BCUT2D eigenvalue weighted by Gasteiger charge is 2.16. The number of hydrogen-bond acceptors (Lipinski definition) is 3. The lowest BCUT2D eigenvalue weighted by atomic mass is 10.1. The zero-order valence-electron chi connectivity index (χ0n) is 15.5. The minimum atomic E-state index is -0.0629. The van der Waals surface area contributed by atoms with Crippen molar-refractivity contribution >= 4 is 23.3 Å². The van der Waals surface area contributed by atoms with Gasteiger partial charge in [0, 0.05) is 51.5 Å². The summed E-state index contributed by atoms with van der Waals surface area (Å²) in [5, 5.41) is 5.74. The Labute approximate surface area is 145 Å². The summed E-state index contributed by atoms with van der Waals surface area (Å²) in [5.41, 5.74) is 2.80. The van der Waals surface area contributed by atoms with Crippen molar-refractivity contribution in [3.8, 4) is 0 Å². The van der Waals surface area contributed by atoms with Crippen molar-refractivity contribution < 1.29 is 9.59 Å². The van der Waals surface area contributed by atoms with E-state index in [0.717, 1.165) is 23.4 Å². The van der Waals surface area contributed by atoms with Crippen molar-refractivity contribution in [2.45, 2.75) is 40.2 Å². The second-order valence-electron chi connectivity index (χ2n) is 5.90. The van der Waals surface area contributed by atoms with Gasteiger partial charge in [-0.15, -0.1) is 0 Å². The van der Waals surface area contributed by atoms with E-state index in [2.05, 4.69) is 17.6 Å². The van der Waals surface area contributed by atoms with Crippen molar-refractivity contribution in [3.63, 3.8) is 0 Å². The Balaban J connectivity index is 3.09. The Hall–Kier alpha value is -2.24. The highest BCUT2D eigenvalue weighted by molar-refractivity contribution is 5.90. The molecule has 24 heavy (non-hydrogen) atoms.